The number of nitrogens with zero attached hydrogens (tertiary/aromatic N) is 1. The fourth-order valence-electron chi connectivity index (χ4n) is 4.28. The molecule has 0 aliphatic rings. The van der Waals surface area contributed by atoms with Gasteiger partial charge in [-0.3, -0.25) is 4.98 Å². The average Bonchev–Trinajstić information content (AvgIpc) is 2.86. The van der Waals surface area contributed by atoms with E-state index in [1.54, 1.807) is 12.1 Å². The lowest BCUT2D eigenvalue weighted by molar-refractivity contribution is 0.319. The van der Waals surface area contributed by atoms with Gasteiger partial charge in [-0.05, 0) is 72.2 Å². The SMILES string of the molecule is CCCCCCCCc1ccc(-c2ccc(S(=O)(=O)CCO)cc2)cc1CCc1ccccn1. The quantitative estimate of drug-likeness (QED) is 0.279. The van der Waals surface area contributed by atoms with Crippen LogP contribution in [0.5, 0.6) is 0 Å². The van der Waals surface area contributed by atoms with E-state index in [-0.39, 0.29) is 17.3 Å². The van der Waals surface area contributed by atoms with Gasteiger partial charge >= 0.3 is 0 Å². The van der Waals surface area contributed by atoms with E-state index in [9.17, 15) is 8.42 Å². The van der Waals surface area contributed by atoms with E-state index in [0.717, 1.165) is 36.1 Å². The van der Waals surface area contributed by atoms with Crippen molar-refractivity contribution in [2.24, 2.45) is 0 Å². The maximum Gasteiger partial charge on any atom is 0.180 e. The van der Waals surface area contributed by atoms with Crippen LogP contribution in [0.4, 0.5) is 0 Å². The van der Waals surface area contributed by atoms with Gasteiger partial charge in [0.25, 0.3) is 0 Å². The van der Waals surface area contributed by atoms with Crippen molar-refractivity contribution in [2.45, 2.75) is 69.6 Å². The molecule has 1 aromatic heterocycles. The molecular formula is C29H37NO3S. The Kier molecular flexibility index (Phi) is 10.3. The Morgan fingerprint density at radius 3 is 2.21 bits per heavy atom. The number of sulfone groups is 1. The van der Waals surface area contributed by atoms with Gasteiger partial charge in [0.05, 0.1) is 17.3 Å². The number of hydrogen-bond donors (Lipinski definition) is 1. The lowest BCUT2D eigenvalue weighted by Crippen LogP contribution is -2.09. The molecule has 0 fully saturated rings. The summed E-state index contributed by atoms with van der Waals surface area (Å²) in [5.41, 5.74) is 5.92. The van der Waals surface area contributed by atoms with Crippen molar-refractivity contribution in [1.29, 1.82) is 0 Å². The monoisotopic (exact) mass is 479 g/mol. The van der Waals surface area contributed by atoms with E-state index in [2.05, 4.69) is 36.2 Å². The van der Waals surface area contributed by atoms with E-state index >= 15 is 0 Å². The molecule has 2 aromatic carbocycles. The first kappa shape index (κ1) is 26.1. The Labute approximate surface area is 205 Å². The normalized spacial score (nSPS) is 11.6. The smallest absolute Gasteiger partial charge is 0.180 e. The average molecular weight is 480 g/mol. The lowest BCUT2D eigenvalue weighted by Gasteiger charge is -2.13. The molecule has 0 aliphatic heterocycles. The van der Waals surface area contributed by atoms with Crippen LogP contribution in [0.25, 0.3) is 11.1 Å². The molecule has 3 rings (SSSR count). The van der Waals surface area contributed by atoms with Gasteiger partial charge in [0, 0.05) is 11.9 Å². The third-order valence-electron chi connectivity index (χ3n) is 6.29. The molecule has 0 saturated carbocycles. The summed E-state index contributed by atoms with van der Waals surface area (Å²) in [6.45, 7) is 1.88. The minimum atomic E-state index is -3.44. The molecule has 0 saturated heterocycles. The van der Waals surface area contributed by atoms with Gasteiger partial charge in [-0.15, -0.1) is 0 Å². The van der Waals surface area contributed by atoms with E-state index in [1.807, 2.05) is 30.5 Å². The predicted octanol–water partition coefficient (Wildman–Crippen LogP) is 6.20. The first-order valence-electron chi connectivity index (χ1n) is 12.5. The third kappa shape index (κ3) is 7.78. The minimum Gasteiger partial charge on any atom is -0.395 e. The summed E-state index contributed by atoms with van der Waals surface area (Å²) in [6, 6.07) is 19.7. The Hall–Kier alpha value is -2.50. The van der Waals surface area contributed by atoms with Crippen LogP contribution in [0.3, 0.4) is 0 Å². The largest absolute Gasteiger partial charge is 0.395 e. The molecule has 1 heterocycles. The number of aromatic nitrogens is 1. The second-order valence-corrected chi connectivity index (χ2v) is 11.0. The van der Waals surface area contributed by atoms with Crippen LogP contribution in [-0.2, 0) is 29.1 Å². The van der Waals surface area contributed by atoms with Gasteiger partial charge in [-0.25, -0.2) is 8.42 Å². The molecule has 0 unspecified atom stereocenters. The number of unbranched alkanes of at least 4 members (excludes halogenated alkanes) is 5. The van der Waals surface area contributed by atoms with Gasteiger partial charge in [0.15, 0.2) is 9.84 Å². The molecule has 3 aromatic rings. The van der Waals surface area contributed by atoms with Crippen molar-refractivity contribution in [3.8, 4) is 11.1 Å². The Balaban J connectivity index is 1.77. The molecule has 5 heteroatoms. The molecule has 0 radical (unpaired) electrons. The van der Waals surface area contributed by atoms with Gasteiger partial charge in [0.1, 0.15) is 0 Å². The number of aryl methyl sites for hydroxylation is 3. The molecule has 4 nitrogen and oxygen atoms in total. The van der Waals surface area contributed by atoms with E-state index in [1.165, 1.54) is 49.7 Å². The summed E-state index contributed by atoms with van der Waals surface area (Å²) >= 11 is 0. The number of hydrogen-bond acceptors (Lipinski definition) is 4. The van der Waals surface area contributed by atoms with Crippen molar-refractivity contribution in [2.75, 3.05) is 12.4 Å². The summed E-state index contributed by atoms with van der Waals surface area (Å²) in [6.07, 6.45) is 12.5. The molecule has 0 amide bonds. The highest BCUT2D eigenvalue weighted by atomic mass is 32.2. The summed E-state index contributed by atoms with van der Waals surface area (Å²) in [5.74, 6) is -0.253. The second-order valence-electron chi connectivity index (χ2n) is 8.89. The topological polar surface area (TPSA) is 67.3 Å². The van der Waals surface area contributed by atoms with Crippen molar-refractivity contribution in [3.05, 3.63) is 83.7 Å². The molecule has 1 N–H and O–H groups in total. The molecular weight excluding hydrogens is 442 g/mol. The highest BCUT2D eigenvalue weighted by molar-refractivity contribution is 7.91. The van der Waals surface area contributed by atoms with Crippen LogP contribution in [-0.4, -0.2) is 30.9 Å². The van der Waals surface area contributed by atoms with Crippen LogP contribution < -0.4 is 0 Å². The fourth-order valence-corrected chi connectivity index (χ4v) is 5.31. The zero-order valence-corrected chi connectivity index (χ0v) is 21.1. The highest BCUT2D eigenvalue weighted by Gasteiger charge is 2.14. The van der Waals surface area contributed by atoms with Crippen molar-refractivity contribution in [1.82, 2.24) is 4.98 Å². The Bertz CT molecular complexity index is 1110. The van der Waals surface area contributed by atoms with Gasteiger partial charge in [-0.2, -0.15) is 0 Å². The standard InChI is InChI=1S/C29H37NO3S/c1-2-3-4-5-6-7-10-24-12-13-26(23-27(24)14-17-28-11-8-9-20-30-28)25-15-18-29(19-16-25)34(32,33)22-21-31/h8-9,11-13,15-16,18-20,23,31H,2-7,10,14,17,21-22H2,1H3. The number of aliphatic hydroxyl groups excluding tert-OH is 1. The number of aliphatic hydroxyl groups is 1. The van der Waals surface area contributed by atoms with E-state index < -0.39 is 9.84 Å². The molecule has 0 bridgehead atoms. The molecule has 34 heavy (non-hydrogen) atoms. The van der Waals surface area contributed by atoms with Crippen LogP contribution in [0.1, 0.15) is 62.3 Å². The Morgan fingerprint density at radius 1 is 0.765 bits per heavy atom. The summed E-state index contributed by atoms with van der Waals surface area (Å²) in [7, 11) is -3.44. The zero-order valence-electron chi connectivity index (χ0n) is 20.2. The second kappa shape index (κ2) is 13.4. The lowest BCUT2D eigenvalue weighted by atomic mass is 9.93. The highest BCUT2D eigenvalue weighted by Crippen LogP contribution is 2.26. The summed E-state index contributed by atoms with van der Waals surface area (Å²) in [5, 5.41) is 9.02. The Morgan fingerprint density at radius 2 is 1.50 bits per heavy atom. The number of rotatable bonds is 14. The van der Waals surface area contributed by atoms with Crippen LogP contribution in [0.2, 0.25) is 0 Å². The predicted molar refractivity (Wildman–Crippen MR) is 140 cm³/mol. The summed E-state index contributed by atoms with van der Waals surface area (Å²) in [4.78, 5) is 4.73. The fraction of sp³-hybridized carbons (Fsp3) is 0.414. The molecule has 182 valence electrons. The maximum atomic E-state index is 12.2. The first-order valence-corrected chi connectivity index (χ1v) is 14.1. The third-order valence-corrected chi connectivity index (χ3v) is 8.00. The van der Waals surface area contributed by atoms with Gasteiger partial charge in [0.2, 0.25) is 0 Å². The van der Waals surface area contributed by atoms with E-state index in [4.69, 9.17) is 5.11 Å². The van der Waals surface area contributed by atoms with Crippen LogP contribution >= 0.6 is 0 Å². The van der Waals surface area contributed by atoms with Gasteiger partial charge < -0.3 is 5.11 Å². The number of pyridine rings is 1. The van der Waals surface area contributed by atoms with Crippen molar-refractivity contribution in [3.63, 3.8) is 0 Å². The van der Waals surface area contributed by atoms with Crippen molar-refractivity contribution >= 4 is 9.84 Å². The van der Waals surface area contributed by atoms with Crippen LogP contribution in [0.15, 0.2) is 71.8 Å². The molecule has 0 aliphatic carbocycles. The van der Waals surface area contributed by atoms with Crippen molar-refractivity contribution < 1.29 is 13.5 Å². The number of benzene rings is 2. The molecule has 0 atom stereocenters. The van der Waals surface area contributed by atoms with E-state index in [0.29, 0.717) is 0 Å². The zero-order chi connectivity index (χ0) is 24.2. The first-order chi connectivity index (χ1) is 16.5. The van der Waals surface area contributed by atoms with Crippen LogP contribution in [0, 0.1) is 0 Å². The molecule has 0 spiro atoms. The van der Waals surface area contributed by atoms with Gasteiger partial charge in [-0.1, -0.05) is 75.4 Å². The minimum absolute atomic E-state index is 0.250. The maximum absolute atomic E-state index is 12.2. The summed E-state index contributed by atoms with van der Waals surface area (Å²) < 4.78 is 24.4.